The summed E-state index contributed by atoms with van der Waals surface area (Å²) in [7, 11) is 0. The maximum Gasteiger partial charge on any atom is 0.254 e. The number of carbonyl (C=O) groups is 1. The van der Waals surface area contributed by atoms with Crippen molar-refractivity contribution in [1.82, 2.24) is 19.9 Å². The van der Waals surface area contributed by atoms with Crippen molar-refractivity contribution >= 4 is 17.5 Å². The lowest BCUT2D eigenvalue weighted by atomic mass is 9.80. The number of aromatic nitrogens is 3. The molecule has 2 fully saturated rings. The van der Waals surface area contributed by atoms with E-state index < -0.39 is 0 Å². The molecule has 8 nitrogen and oxygen atoms in total. The number of benzene rings is 1. The minimum atomic E-state index is -0.0734. The summed E-state index contributed by atoms with van der Waals surface area (Å²) >= 11 is 0. The lowest BCUT2D eigenvalue weighted by molar-refractivity contribution is -0.0507. The van der Waals surface area contributed by atoms with Crippen LogP contribution in [0.4, 0.5) is 11.6 Å². The SMILES string of the molecule is Cc1cccc(-c2cnc(N3CC4(COC4)c4ccc(C(=O)N5CCOCC5)cc43)nc2)n1. The van der Waals surface area contributed by atoms with Crippen molar-refractivity contribution in [3.8, 4) is 11.3 Å². The van der Waals surface area contributed by atoms with E-state index in [-0.39, 0.29) is 11.3 Å². The first kappa shape index (κ1) is 20.3. The zero-order valence-electron chi connectivity index (χ0n) is 18.5. The maximum atomic E-state index is 13.1. The van der Waals surface area contributed by atoms with Crippen LogP contribution in [0.5, 0.6) is 0 Å². The fraction of sp³-hybridized carbons (Fsp3) is 0.360. The lowest BCUT2D eigenvalue weighted by Gasteiger charge is -2.38. The van der Waals surface area contributed by atoms with Gasteiger partial charge in [-0.1, -0.05) is 12.1 Å². The standard InChI is InChI=1S/C25H25N5O3/c1-17-3-2-4-21(28-17)19-12-26-24(27-13-19)30-14-25(15-33-16-25)20-6-5-18(11-22(20)30)23(31)29-7-9-32-10-8-29/h2-6,11-13H,7-10,14-16H2,1H3. The van der Waals surface area contributed by atoms with Gasteiger partial charge in [-0.3, -0.25) is 9.78 Å². The molecule has 0 atom stereocenters. The van der Waals surface area contributed by atoms with Crippen LogP contribution in [0, 0.1) is 6.92 Å². The Labute approximate surface area is 192 Å². The number of aryl methyl sites for hydroxylation is 1. The summed E-state index contributed by atoms with van der Waals surface area (Å²) in [6, 6.07) is 11.9. The highest BCUT2D eigenvalue weighted by molar-refractivity contribution is 5.96. The highest BCUT2D eigenvalue weighted by Gasteiger charge is 2.49. The Morgan fingerprint density at radius 2 is 1.82 bits per heavy atom. The number of morpholine rings is 1. The van der Waals surface area contributed by atoms with Crippen molar-refractivity contribution in [3.63, 3.8) is 0 Å². The topological polar surface area (TPSA) is 80.7 Å². The van der Waals surface area contributed by atoms with Crippen LogP contribution in [0.25, 0.3) is 11.3 Å². The Hall–Kier alpha value is -3.36. The molecule has 33 heavy (non-hydrogen) atoms. The Bertz CT molecular complexity index is 1200. The van der Waals surface area contributed by atoms with Gasteiger partial charge in [-0.2, -0.15) is 0 Å². The van der Waals surface area contributed by atoms with Gasteiger partial charge in [-0.05, 0) is 36.8 Å². The van der Waals surface area contributed by atoms with Gasteiger partial charge in [-0.25, -0.2) is 9.97 Å². The Kier molecular flexibility index (Phi) is 4.85. The number of nitrogens with zero attached hydrogens (tertiary/aromatic N) is 5. The summed E-state index contributed by atoms with van der Waals surface area (Å²) in [5, 5.41) is 0. The highest BCUT2D eigenvalue weighted by Crippen LogP contribution is 2.47. The molecule has 0 bridgehead atoms. The van der Waals surface area contributed by atoms with Gasteiger partial charge in [0.05, 0.1) is 37.5 Å². The van der Waals surface area contributed by atoms with Crippen LogP contribution >= 0.6 is 0 Å². The van der Waals surface area contributed by atoms with Crippen LogP contribution in [0.2, 0.25) is 0 Å². The number of hydrogen-bond acceptors (Lipinski definition) is 7. The van der Waals surface area contributed by atoms with Crippen LogP contribution in [0.3, 0.4) is 0 Å². The molecule has 0 unspecified atom stereocenters. The molecule has 1 spiro atoms. The van der Waals surface area contributed by atoms with Crippen molar-refractivity contribution in [2.45, 2.75) is 12.3 Å². The molecule has 6 rings (SSSR count). The molecule has 3 aromatic rings. The molecular weight excluding hydrogens is 418 g/mol. The average molecular weight is 444 g/mol. The van der Waals surface area contributed by atoms with Crippen molar-refractivity contribution in [3.05, 3.63) is 65.6 Å². The second kappa shape index (κ2) is 7.90. The van der Waals surface area contributed by atoms with Crippen LogP contribution in [-0.4, -0.2) is 71.8 Å². The van der Waals surface area contributed by atoms with E-state index in [4.69, 9.17) is 9.47 Å². The van der Waals surface area contributed by atoms with Crippen LogP contribution in [0.15, 0.2) is 48.8 Å². The Morgan fingerprint density at radius 1 is 1.03 bits per heavy atom. The van der Waals surface area contributed by atoms with Crippen LogP contribution < -0.4 is 4.90 Å². The van der Waals surface area contributed by atoms with Gasteiger partial charge >= 0.3 is 0 Å². The fourth-order valence-corrected chi connectivity index (χ4v) is 4.83. The van der Waals surface area contributed by atoms with Gasteiger partial charge in [0.2, 0.25) is 5.95 Å². The molecule has 1 aromatic carbocycles. The number of hydrogen-bond donors (Lipinski definition) is 0. The lowest BCUT2D eigenvalue weighted by Crippen LogP contribution is -2.49. The van der Waals surface area contributed by atoms with E-state index in [2.05, 4.69) is 25.9 Å². The summed E-state index contributed by atoms with van der Waals surface area (Å²) in [5.41, 5.74) is 5.47. The first-order valence-corrected chi connectivity index (χ1v) is 11.3. The first-order valence-electron chi connectivity index (χ1n) is 11.3. The number of anilines is 2. The van der Waals surface area contributed by atoms with E-state index in [1.165, 1.54) is 5.56 Å². The van der Waals surface area contributed by atoms with Gasteiger partial charge in [0.15, 0.2) is 0 Å². The molecule has 5 heterocycles. The third-order valence-electron chi connectivity index (χ3n) is 6.69. The van der Waals surface area contributed by atoms with Gasteiger partial charge in [0.1, 0.15) is 0 Å². The molecule has 1 amide bonds. The molecule has 0 saturated carbocycles. The highest BCUT2D eigenvalue weighted by atomic mass is 16.5. The number of amides is 1. The molecule has 2 aromatic heterocycles. The fourth-order valence-electron chi connectivity index (χ4n) is 4.83. The Balaban J connectivity index is 1.34. The third kappa shape index (κ3) is 3.46. The van der Waals surface area contributed by atoms with E-state index in [9.17, 15) is 4.79 Å². The monoisotopic (exact) mass is 443 g/mol. The number of fused-ring (bicyclic) bond motifs is 2. The summed E-state index contributed by atoms with van der Waals surface area (Å²) in [5.74, 6) is 0.654. The van der Waals surface area contributed by atoms with E-state index in [0.29, 0.717) is 51.0 Å². The van der Waals surface area contributed by atoms with E-state index in [1.807, 2.05) is 54.5 Å². The minimum absolute atomic E-state index is 0.0358. The number of carbonyl (C=O) groups excluding carboxylic acids is 1. The molecule has 0 N–H and O–H groups in total. The van der Waals surface area contributed by atoms with Crippen molar-refractivity contribution in [2.75, 3.05) is 51.0 Å². The summed E-state index contributed by atoms with van der Waals surface area (Å²) in [6.07, 6.45) is 3.63. The van der Waals surface area contributed by atoms with Gasteiger partial charge in [0, 0.05) is 54.5 Å². The Morgan fingerprint density at radius 3 is 2.52 bits per heavy atom. The van der Waals surface area contributed by atoms with Crippen molar-refractivity contribution in [2.24, 2.45) is 0 Å². The van der Waals surface area contributed by atoms with Gasteiger partial charge in [-0.15, -0.1) is 0 Å². The molecule has 168 valence electrons. The molecule has 3 aliphatic heterocycles. The quantitative estimate of drug-likeness (QED) is 0.616. The predicted octanol–water partition coefficient (Wildman–Crippen LogP) is 2.74. The third-order valence-corrected chi connectivity index (χ3v) is 6.69. The summed E-state index contributed by atoms with van der Waals surface area (Å²) in [6.45, 7) is 6.44. The first-order chi connectivity index (χ1) is 16.1. The maximum absolute atomic E-state index is 13.1. The zero-order chi connectivity index (χ0) is 22.4. The molecule has 0 radical (unpaired) electrons. The largest absolute Gasteiger partial charge is 0.379 e. The summed E-state index contributed by atoms with van der Waals surface area (Å²) in [4.78, 5) is 31.0. The minimum Gasteiger partial charge on any atom is -0.379 e. The second-order valence-electron chi connectivity index (χ2n) is 8.93. The predicted molar refractivity (Wildman–Crippen MR) is 123 cm³/mol. The second-order valence-corrected chi connectivity index (χ2v) is 8.93. The number of rotatable bonds is 3. The van der Waals surface area contributed by atoms with Gasteiger partial charge in [0.25, 0.3) is 5.91 Å². The molecule has 8 heteroatoms. The van der Waals surface area contributed by atoms with E-state index >= 15 is 0 Å². The number of ether oxygens (including phenoxy) is 2. The molecule has 3 aliphatic rings. The normalized spacial score (nSPS) is 18.8. The van der Waals surface area contributed by atoms with Crippen molar-refractivity contribution < 1.29 is 14.3 Å². The van der Waals surface area contributed by atoms with Crippen molar-refractivity contribution in [1.29, 1.82) is 0 Å². The number of pyridine rings is 1. The molecule has 0 aliphatic carbocycles. The smallest absolute Gasteiger partial charge is 0.254 e. The molecular formula is C25H25N5O3. The van der Waals surface area contributed by atoms with E-state index in [1.54, 1.807) is 0 Å². The van der Waals surface area contributed by atoms with Gasteiger partial charge < -0.3 is 19.3 Å². The summed E-state index contributed by atoms with van der Waals surface area (Å²) < 4.78 is 11.0. The zero-order valence-corrected chi connectivity index (χ0v) is 18.5. The van der Waals surface area contributed by atoms with Crippen LogP contribution in [-0.2, 0) is 14.9 Å². The average Bonchev–Trinajstić information content (AvgIpc) is 3.20. The van der Waals surface area contributed by atoms with E-state index in [0.717, 1.165) is 29.2 Å². The van der Waals surface area contributed by atoms with Crippen LogP contribution in [0.1, 0.15) is 21.6 Å². The molecule has 2 saturated heterocycles.